The molecular formula is C35H27ClFN3O4S. The van der Waals surface area contributed by atoms with Gasteiger partial charge in [-0.15, -0.1) is 0 Å². The van der Waals surface area contributed by atoms with Crippen LogP contribution in [0.2, 0.25) is 5.02 Å². The van der Waals surface area contributed by atoms with E-state index in [4.69, 9.17) is 21.1 Å². The van der Waals surface area contributed by atoms with Gasteiger partial charge in [0.1, 0.15) is 12.4 Å². The van der Waals surface area contributed by atoms with Gasteiger partial charge >= 0.3 is 0 Å². The Morgan fingerprint density at radius 1 is 1.02 bits per heavy atom. The van der Waals surface area contributed by atoms with E-state index in [-0.39, 0.29) is 5.56 Å². The van der Waals surface area contributed by atoms with Crippen LogP contribution in [0.3, 0.4) is 0 Å². The minimum absolute atomic E-state index is 0.299. The molecule has 5 aromatic rings. The van der Waals surface area contributed by atoms with Crippen LogP contribution in [-0.4, -0.2) is 17.6 Å². The van der Waals surface area contributed by atoms with Crippen molar-refractivity contribution in [3.63, 3.8) is 0 Å². The maximum atomic E-state index is 14.0. The summed E-state index contributed by atoms with van der Waals surface area (Å²) in [5, 5.41) is 3.56. The summed E-state index contributed by atoms with van der Waals surface area (Å²) in [5.41, 5.74) is 3.30. The normalized spacial score (nSPS) is 14.5. The van der Waals surface area contributed by atoms with Gasteiger partial charge in [0.25, 0.3) is 11.5 Å². The first-order chi connectivity index (χ1) is 21.8. The lowest BCUT2D eigenvalue weighted by Crippen LogP contribution is -2.40. The van der Waals surface area contributed by atoms with E-state index in [2.05, 4.69) is 10.3 Å². The molecule has 1 N–H and O–H groups in total. The van der Waals surface area contributed by atoms with Crippen molar-refractivity contribution in [1.82, 2.24) is 4.57 Å². The van der Waals surface area contributed by atoms with Crippen LogP contribution < -0.4 is 29.7 Å². The fraction of sp³-hybridized carbons (Fsp3) is 0.114. The number of rotatable bonds is 8. The Balaban J connectivity index is 1.37. The number of hydrogen-bond donors (Lipinski definition) is 1. The second-order valence-corrected chi connectivity index (χ2v) is 11.7. The Hall–Kier alpha value is -4.99. The molecule has 0 bridgehead atoms. The smallest absolute Gasteiger partial charge is 0.271 e. The van der Waals surface area contributed by atoms with Crippen LogP contribution in [0, 0.1) is 5.82 Å². The molecule has 0 fully saturated rings. The fourth-order valence-corrected chi connectivity index (χ4v) is 6.25. The molecule has 0 radical (unpaired) electrons. The third-order valence-corrected chi connectivity index (χ3v) is 8.51. The number of aromatic nitrogens is 1. The molecular weight excluding hydrogens is 613 g/mol. The quantitative estimate of drug-likeness (QED) is 0.218. The molecule has 1 amide bonds. The van der Waals surface area contributed by atoms with E-state index < -0.39 is 17.8 Å². The summed E-state index contributed by atoms with van der Waals surface area (Å²) in [7, 11) is 1.55. The second-order valence-electron chi connectivity index (χ2n) is 10.3. The third kappa shape index (κ3) is 6.45. The summed E-state index contributed by atoms with van der Waals surface area (Å²) < 4.78 is 27.4. The molecule has 1 aromatic heterocycles. The van der Waals surface area contributed by atoms with Crippen LogP contribution in [0.15, 0.2) is 118 Å². The summed E-state index contributed by atoms with van der Waals surface area (Å²) in [6, 6.07) is 26.8. The number of allylic oxidation sites excluding steroid dienone is 1. The van der Waals surface area contributed by atoms with Crippen molar-refractivity contribution in [3.8, 4) is 11.5 Å². The lowest BCUT2D eigenvalue weighted by Gasteiger charge is -2.25. The Labute approximate surface area is 267 Å². The highest BCUT2D eigenvalue weighted by Crippen LogP contribution is 2.32. The van der Waals surface area contributed by atoms with E-state index in [1.54, 1.807) is 68.6 Å². The predicted octanol–water partition coefficient (Wildman–Crippen LogP) is 6.25. The Morgan fingerprint density at radius 3 is 2.47 bits per heavy atom. The molecule has 4 aromatic carbocycles. The van der Waals surface area contributed by atoms with E-state index in [1.165, 1.54) is 28.0 Å². The average Bonchev–Trinajstić information content (AvgIpc) is 3.34. The van der Waals surface area contributed by atoms with Crippen molar-refractivity contribution < 1.29 is 18.7 Å². The van der Waals surface area contributed by atoms with E-state index in [0.717, 1.165) is 5.56 Å². The summed E-state index contributed by atoms with van der Waals surface area (Å²) in [6.07, 6.45) is 1.75. The molecule has 1 atom stereocenters. The molecule has 1 aliphatic rings. The average molecular weight is 640 g/mol. The van der Waals surface area contributed by atoms with E-state index in [9.17, 15) is 14.0 Å². The van der Waals surface area contributed by atoms with Gasteiger partial charge in [0.15, 0.2) is 16.3 Å². The van der Waals surface area contributed by atoms with Crippen molar-refractivity contribution in [2.24, 2.45) is 4.99 Å². The first-order valence-electron chi connectivity index (χ1n) is 14.0. The van der Waals surface area contributed by atoms with Gasteiger partial charge in [-0.05, 0) is 78.2 Å². The number of halogens is 2. The molecule has 45 heavy (non-hydrogen) atoms. The highest BCUT2D eigenvalue weighted by atomic mass is 35.5. The van der Waals surface area contributed by atoms with Gasteiger partial charge < -0.3 is 14.8 Å². The number of hydrogen-bond acceptors (Lipinski definition) is 6. The molecule has 0 saturated carbocycles. The molecule has 7 nitrogen and oxygen atoms in total. The molecule has 0 aliphatic carbocycles. The highest BCUT2D eigenvalue weighted by Gasteiger charge is 2.32. The fourth-order valence-electron chi connectivity index (χ4n) is 5.08. The van der Waals surface area contributed by atoms with Crippen LogP contribution in [0.5, 0.6) is 11.5 Å². The van der Waals surface area contributed by atoms with E-state index in [0.29, 0.717) is 60.5 Å². The van der Waals surface area contributed by atoms with E-state index in [1.807, 2.05) is 36.4 Å². The summed E-state index contributed by atoms with van der Waals surface area (Å²) >= 11 is 7.19. The van der Waals surface area contributed by atoms with Gasteiger partial charge in [0, 0.05) is 10.7 Å². The molecule has 226 valence electrons. The number of ether oxygens (including phenoxy) is 2. The molecule has 0 saturated heterocycles. The molecule has 6 rings (SSSR count). The van der Waals surface area contributed by atoms with E-state index >= 15 is 0 Å². The second kappa shape index (κ2) is 12.9. The number of carbonyl (C=O) groups is 1. The van der Waals surface area contributed by atoms with Crippen LogP contribution in [0.25, 0.3) is 6.08 Å². The maximum Gasteiger partial charge on any atom is 0.271 e. The summed E-state index contributed by atoms with van der Waals surface area (Å²) in [5.74, 6) is 0.235. The van der Waals surface area contributed by atoms with Gasteiger partial charge in [-0.25, -0.2) is 9.38 Å². The topological polar surface area (TPSA) is 81.9 Å². The maximum absolute atomic E-state index is 14.0. The standard InChI is InChI=1S/C35H27ClFN3O4S/c1-21-31(33(41)39-27-6-4-3-5-7-27)32(24-11-15-26(37)16-12-24)40-34(42)30(45-35(40)38-21)19-23-10-17-28(29(18-23)43-2)44-20-22-8-13-25(36)14-9-22/h3-19,32H,20H2,1-2H3,(H,39,41)/b30-19-. The number of para-hydroxylation sites is 1. The van der Waals surface area contributed by atoms with Crippen molar-refractivity contribution >= 4 is 40.6 Å². The molecule has 1 aliphatic heterocycles. The number of anilines is 1. The first kappa shape index (κ1) is 30.1. The third-order valence-electron chi connectivity index (χ3n) is 7.28. The van der Waals surface area contributed by atoms with Gasteiger partial charge in [-0.3, -0.25) is 14.2 Å². The summed E-state index contributed by atoms with van der Waals surface area (Å²) in [4.78, 5) is 32.7. The minimum atomic E-state index is -0.814. The van der Waals surface area contributed by atoms with Gasteiger partial charge in [0.2, 0.25) is 0 Å². The number of fused-ring (bicyclic) bond motifs is 1. The number of nitrogens with zero attached hydrogens (tertiary/aromatic N) is 2. The largest absolute Gasteiger partial charge is 0.493 e. The number of methoxy groups -OCH3 is 1. The lowest BCUT2D eigenvalue weighted by atomic mass is 9.95. The number of carbonyl (C=O) groups excluding carboxylic acids is 1. The zero-order valence-corrected chi connectivity index (χ0v) is 25.9. The molecule has 2 heterocycles. The minimum Gasteiger partial charge on any atom is -0.493 e. The molecule has 1 unspecified atom stereocenters. The number of benzene rings is 4. The van der Waals surface area contributed by atoms with Gasteiger partial charge in [-0.1, -0.05) is 71.5 Å². The van der Waals surface area contributed by atoms with Crippen LogP contribution in [0.1, 0.15) is 29.7 Å². The first-order valence-corrected chi connectivity index (χ1v) is 15.2. The number of amides is 1. The van der Waals surface area contributed by atoms with Crippen LogP contribution >= 0.6 is 22.9 Å². The van der Waals surface area contributed by atoms with Gasteiger partial charge in [-0.2, -0.15) is 0 Å². The number of thiazole rings is 1. The van der Waals surface area contributed by atoms with Crippen molar-refractivity contribution in [1.29, 1.82) is 0 Å². The van der Waals surface area contributed by atoms with Crippen molar-refractivity contribution in [2.75, 3.05) is 12.4 Å². The Bertz CT molecular complexity index is 2090. The molecule has 10 heteroatoms. The van der Waals surface area contributed by atoms with Crippen molar-refractivity contribution in [3.05, 3.63) is 156 Å². The van der Waals surface area contributed by atoms with Crippen LogP contribution in [0.4, 0.5) is 10.1 Å². The Morgan fingerprint density at radius 2 is 1.76 bits per heavy atom. The summed E-state index contributed by atoms with van der Waals surface area (Å²) in [6.45, 7) is 2.07. The monoisotopic (exact) mass is 639 g/mol. The Kier molecular flexibility index (Phi) is 8.64. The van der Waals surface area contributed by atoms with Crippen molar-refractivity contribution in [2.45, 2.75) is 19.6 Å². The van der Waals surface area contributed by atoms with Gasteiger partial charge in [0.05, 0.1) is 29.0 Å². The van der Waals surface area contributed by atoms with Crippen LogP contribution in [-0.2, 0) is 11.4 Å². The number of nitrogens with one attached hydrogen (secondary N) is 1. The molecule has 0 spiro atoms. The predicted molar refractivity (Wildman–Crippen MR) is 174 cm³/mol. The SMILES string of the molecule is COc1cc(/C=c2\sc3n(c2=O)C(c2ccc(F)cc2)C(C(=O)Nc2ccccc2)=C(C)N=3)ccc1OCc1ccc(Cl)cc1. The lowest BCUT2D eigenvalue weighted by molar-refractivity contribution is -0.113. The zero-order chi connectivity index (χ0) is 31.5. The zero-order valence-electron chi connectivity index (χ0n) is 24.3. The highest BCUT2D eigenvalue weighted by molar-refractivity contribution is 7.07.